The Hall–Kier alpha value is -5.17. The molecular formula is C29H20F3N5O4S. The summed E-state index contributed by atoms with van der Waals surface area (Å²) in [4.78, 5) is 16.9. The van der Waals surface area contributed by atoms with Crippen LogP contribution in [0.5, 0.6) is 11.5 Å². The van der Waals surface area contributed by atoms with Crippen molar-refractivity contribution in [2.45, 2.75) is 17.6 Å². The lowest BCUT2D eigenvalue weighted by atomic mass is 10.0. The van der Waals surface area contributed by atoms with Crippen molar-refractivity contribution in [3.05, 3.63) is 108 Å². The quantitative estimate of drug-likeness (QED) is 0.232. The van der Waals surface area contributed by atoms with Crippen LogP contribution in [0.2, 0.25) is 0 Å². The van der Waals surface area contributed by atoms with Gasteiger partial charge in [-0.3, -0.25) is 24.2 Å². The highest BCUT2D eigenvalue weighted by atomic mass is 32.2. The van der Waals surface area contributed by atoms with Crippen molar-refractivity contribution in [3.8, 4) is 22.6 Å². The molecule has 0 atom stereocenters. The Balaban J connectivity index is 1.44. The molecule has 6 aromatic rings. The molecule has 0 spiro atoms. The number of benzene rings is 3. The molecule has 0 bridgehead atoms. The molecule has 0 fully saturated rings. The van der Waals surface area contributed by atoms with Crippen molar-refractivity contribution < 1.29 is 26.3 Å². The fraction of sp³-hybridized carbons (Fsp3) is 0.0690. The Morgan fingerprint density at radius 1 is 0.929 bits per heavy atom. The molecule has 6 rings (SSSR count). The Labute approximate surface area is 236 Å². The number of nitrogens with one attached hydrogen (secondary N) is 2. The summed E-state index contributed by atoms with van der Waals surface area (Å²) < 4.78 is 76.7. The smallest absolute Gasteiger partial charge is 0.406 e. The maximum absolute atomic E-state index is 13.6. The van der Waals surface area contributed by atoms with E-state index in [1.807, 2.05) is 0 Å². The number of aromatic nitrogens is 4. The fourth-order valence-corrected chi connectivity index (χ4v) is 5.87. The van der Waals surface area contributed by atoms with Crippen LogP contribution in [0.25, 0.3) is 32.9 Å². The van der Waals surface area contributed by atoms with E-state index in [-0.39, 0.29) is 27.2 Å². The van der Waals surface area contributed by atoms with Gasteiger partial charge >= 0.3 is 6.18 Å². The van der Waals surface area contributed by atoms with Gasteiger partial charge in [0.15, 0.2) is 0 Å². The maximum atomic E-state index is 13.6. The number of para-hydroxylation sites is 2. The van der Waals surface area contributed by atoms with Crippen molar-refractivity contribution in [2.75, 3.05) is 4.72 Å². The monoisotopic (exact) mass is 591 g/mol. The zero-order valence-electron chi connectivity index (χ0n) is 21.5. The molecule has 42 heavy (non-hydrogen) atoms. The van der Waals surface area contributed by atoms with Gasteiger partial charge < -0.3 is 4.74 Å². The van der Waals surface area contributed by atoms with Crippen molar-refractivity contribution in [3.63, 3.8) is 0 Å². The Morgan fingerprint density at radius 3 is 2.48 bits per heavy atom. The van der Waals surface area contributed by atoms with E-state index in [0.717, 1.165) is 0 Å². The third-order valence-electron chi connectivity index (χ3n) is 6.50. The predicted molar refractivity (Wildman–Crippen MR) is 151 cm³/mol. The Bertz CT molecular complexity index is 2110. The number of hydrogen-bond acceptors (Lipinski definition) is 6. The van der Waals surface area contributed by atoms with Gasteiger partial charge in [0.05, 0.1) is 34.5 Å². The number of rotatable bonds is 7. The van der Waals surface area contributed by atoms with Gasteiger partial charge in [0.25, 0.3) is 15.6 Å². The van der Waals surface area contributed by atoms with Crippen molar-refractivity contribution in [2.24, 2.45) is 0 Å². The van der Waals surface area contributed by atoms with Crippen molar-refractivity contribution in [1.82, 2.24) is 19.7 Å². The van der Waals surface area contributed by atoms with E-state index in [2.05, 4.69) is 19.9 Å². The van der Waals surface area contributed by atoms with Crippen LogP contribution in [0.15, 0.2) is 107 Å². The second-order valence-corrected chi connectivity index (χ2v) is 10.9. The van der Waals surface area contributed by atoms with Gasteiger partial charge in [-0.05, 0) is 42.0 Å². The first-order chi connectivity index (χ1) is 20.1. The zero-order chi connectivity index (χ0) is 29.5. The van der Waals surface area contributed by atoms with Crippen LogP contribution < -0.4 is 15.0 Å². The number of nitrogens with zero attached hydrogens (tertiary/aromatic N) is 3. The van der Waals surface area contributed by atoms with Gasteiger partial charge in [-0.1, -0.05) is 42.5 Å². The number of ether oxygens (including phenoxy) is 1. The van der Waals surface area contributed by atoms with E-state index < -0.39 is 28.3 Å². The van der Waals surface area contributed by atoms with Crippen LogP contribution in [0.3, 0.4) is 0 Å². The molecule has 0 aliphatic rings. The van der Waals surface area contributed by atoms with Gasteiger partial charge in [0, 0.05) is 17.1 Å². The largest absolute Gasteiger partial charge is 0.456 e. The molecular weight excluding hydrogens is 571 g/mol. The molecule has 3 aromatic carbocycles. The molecule has 13 heteroatoms. The summed E-state index contributed by atoms with van der Waals surface area (Å²) in [6, 6.07) is 20.9. The molecule has 0 saturated heterocycles. The Morgan fingerprint density at radius 2 is 1.69 bits per heavy atom. The minimum absolute atomic E-state index is 0.00111. The summed E-state index contributed by atoms with van der Waals surface area (Å²) in [6.45, 7) is -1.51. The van der Waals surface area contributed by atoms with Crippen LogP contribution in [0.4, 0.5) is 18.9 Å². The van der Waals surface area contributed by atoms with Gasteiger partial charge in [0.1, 0.15) is 22.9 Å². The molecule has 0 aliphatic carbocycles. The first-order valence-corrected chi connectivity index (χ1v) is 13.9. The van der Waals surface area contributed by atoms with Crippen molar-refractivity contribution in [1.29, 1.82) is 0 Å². The number of alkyl halides is 3. The lowest BCUT2D eigenvalue weighted by Crippen LogP contribution is -2.28. The molecule has 2 N–H and O–H groups in total. The number of halogens is 3. The SMILES string of the molecule is O=c1c2cn[nH]c2c2ccc(-c3ccncc3NS(=O)(=O)c3ccccc3Oc3ccccc3)cc2n1CC(F)(F)F. The second kappa shape index (κ2) is 10.3. The first-order valence-electron chi connectivity index (χ1n) is 12.5. The lowest BCUT2D eigenvalue weighted by Gasteiger charge is -2.17. The van der Waals surface area contributed by atoms with E-state index in [1.54, 1.807) is 54.6 Å². The molecule has 0 radical (unpaired) electrons. The highest BCUT2D eigenvalue weighted by Gasteiger charge is 2.30. The number of fused-ring (bicyclic) bond motifs is 3. The van der Waals surface area contributed by atoms with Crippen LogP contribution >= 0.6 is 0 Å². The second-order valence-electron chi connectivity index (χ2n) is 9.29. The number of hydrogen-bond donors (Lipinski definition) is 2. The summed E-state index contributed by atoms with van der Waals surface area (Å²) >= 11 is 0. The van der Waals surface area contributed by atoms with E-state index >= 15 is 0 Å². The number of anilines is 1. The van der Waals surface area contributed by atoms with Crippen LogP contribution in [-0.4, -0.2) is 34.3 Å². The number of sulfonamides is 1. The normalized spacial score (nSPS) is 12.1. The predicted octanol–water partition coefficient (Wildman–Crippen LogP) is 6.10. The molecule has 3 heterocycles. The van der Waals surface area contributed by atoms with Gasteiger partial charge in [0.2, 0.25) is 0 Å². The summed E-state index contributed by atoms with van der Waals surface area (Å²) in [6.07, 6.45) is -0.771. The maximum Gasteiger partial charge on any atom is 0.406 e. The molecule has 0 aliphatic heterocycles. The summed E-state index contributed by atoms with van der Waals surface area (Å²) in [7, 11) is -4.23. The van der Waals surface area contributed by atoms with Crippen LogP contribution in [0.1, 0.15) is 0 Å². The molecule has 3 aromatic heterocycles. The molecule has 0 unspecified atom stereocenters. The first kappa shape index (κ1) is 27.0. The number of pyridine rings is 2. The molecule has 0 saturated carbocycles. The van der Waals surface area contributed by atoms with E-state index in [1.165, 1.54) is 42.9 Å². The summed E-state index contributed by atoms with van der Waals surface area (Å²) in [5.41, 5.74) is 0.188. The van der Waals surface area contributed by atoms with E-state index in [4.69, 9.17) is 4.74 Å². The summed E-state index contributed by atoms with van der Waals surface area (Å²) in [5, 5.41) is 6.88. The highest BCUT2D eigenvalue weighted by Crippen LogP contribution is 2.35. The highest BCUT2D eigenvalue weighted by molar-refractivity contribution is 7.92. The van der Waals surface area contributed by atoms with Crippen LogP contribution in [-0.2, 0) is 16.6 Å². The third-order valence-corrected chi connectivity index (χ3v) is 7.90. The summed E-state index contributed by atoms with van der Waals surface area (Å²) in [5.74, 6) is 0.529. The van der Waals surface area contributed by atoms with E-state index in [0.29, 0.717) is 32.3 Å². The fourth-order valence-electron chi connectivity index (χ4n) is 4.68. The number of H-pyrrole nitrogens is 1. The topological polar surface area (TPSA) is 119 Å². The minimum atomic E-state index is -4.67. The Kier molecular flexibility index (Phi) is 6.65. The third kappa shape index (κ3) is 5.17. The molecule has 9 nitrogen and oxygen atoms in total. The average molecular weight is 592 g/mol. The lowest BCUT2D eigenvalue weighted by molar-refractivity contribution is -0.140. The van der Waals surface area contributed by atoms with Gasteiger partial charge in [-0.2, -0.15) is 18.3 Å². The minimum Gasteiger partial charge on any atom is -0.456 e. The zero-order valence-corrected chi connectivity index (χ0v) is 22.3. The molecule has 0 amide bonds. The van der Waals surface area contributed by atoms with Gasteiger partial charge in [-0.15, -0.1) is 0 Å². The average Bonchev–Trinajstić information content (AvgIpc) is 3.46. The standard InChI is InChI=1S/C29H20F3N5O4S/c30-29(31,32)17-37-24-14-18(10-11-21(24)27-22(28(37)38)15-34-35-27)20-12-13-33-16-23(20)36-42(39,40)26-9-5-4-8-25(26)41-19-6-2-1-3-7-19/h1-16,36H,17H2,(H,34,35). The van der Waals surface area contributed by atoms with Gasteiger partial charge in [-0.25, -0.2) is 8.42 Å². The van der Waals surface area contributed by atoms with Crippen LogP contribution in [0, 0.1) is 0 Å². The molecule has 212 valence electrons. The number of aromatic amines is 1. The van der Waals surface area contributed by atoms with E-state index in [9.17, 15) is 26.4 Å². The van der Waals surface area contributed by atoms with Crippen molar-refractivity contribution >= 4 is 37.5 Å².